The molecule has 1 aliphatic rings. The highest BCUT2D eigenvalue weighted by molar-refractivity contribution is 5.85. The molecule has 1 atom stereocenters. The van der Waals surface area contributed by atoms with Gasteiger partial charge in [-0.1, -0.05) is 33.4 Å². The van der Waals surface area contributed by atoms with Gasteiger partial charge in [0.05, 0.1) is 11.6 Å². The van der Waals surface area contributed by atoms with Crippen LogP contribution in [0.5, 0.6) is 0 Å². The van der Waals surface area contributed by atoms with E-state index < -0.39 is 0 Å². The Morgan fingerprint density at radius 1 is 1.38 bits per heavy atom. The van der Waals surface area contributed by atoms with Gasteiger partial charge in [-0.3, -0.25) is 4.79 Å². The molecule has 21 heavy (non-hydrogen) atoms. The highest BCUT2D eigenvalue weighted by atomic mass is 16.2. The molecule has 2 aromatic heterocycles. The van der Waals surface area contributed by atoms with Crippen LogP contribution >= 0.6 is 0 Å². The zero-order valence-corrected chi connectivity index (χ0v) is 12.8. The number of nitrogens with zero attached hydrogens (tertiary/aromatic N) is 2. The SMILES string of the molecule is C=C1CCC(c2cn3c(C(C)(C)C)cccc3n2)C(=O)N1. The molecule has 0 aliphatic carbocycles. The number of carbonyl (C=O) groups is 1. The number of amides is 1. The molecule has 4 nitrogen and oxygen atoms in total. The van der Waals surface area contributed by atoms with Gasteiger partial charge in [0.1, 0.15) is 5.65 Å². The molecule has 110 valence electrons. The molecule has 3 rings (SSSR count). The Bertz CT molecular complexity index is 721. The minimum Gasteiger partial charge on any atom is -0.330 e. The minimum absolute atomic E-state index is 0.00645. The van der Waals surface area contributed by atoms with Gasteiger partial charge in [0.15, 0.2) is 0 Å². The third-order valence-electron chi connectivity index (χ3n) is 3.99. The number of pyridine rings is 1. The van der Waals surface area contributed by atoms with E-state index in [4.69, 9.17) is 0 Å². The van der Waals surface area contributed by atoms with Crippen molar-refractivity contribution in [3.63, 3.8) is 0 Å². The van der Waals surface area contributed by atoms with Crippen LogP contribution in [0.2, 0.25) is 0 Å². The molecular formula is C17H21N3O. The van der Waals surface area contributed by atoms with Crippen molar-refractivity contribution in [2.24, 2.45) is 0 Å². The molecule has 0 bridgehead atoms. The first-order chi connectivity index (χ1) is 9.86. The fraction of sp³-hybridized carbons (Fsp3) is 0.412. The lowest BCUT2D eigenvalue weighted by Crippen LogP contribution is -2.33. The first-order valence-electron chi connectivity index (χ1n) is 7.33. The van der Waals surface area contributed by atoms with E-state index in [-0.39, 0.29) is 17.2 Å². The van der Waals surface area contributed by atoms with Gasteiger partial charge in [0.25, 0.3) is 0 Å². The second-order valence-corrected chi connectivity index (χ2v) is 6.74. The predicted molar refractivity (Wildman–Crippen MR) is 83.1 cm³/mol. The number of allylic oxidation sites excluding steroid dienone is 1. The Balaban J connectivity index is 2.06. The Kier molecular flexibility index (Phi) is 3.12. The number of piperidine rings is 1. The normalized spacial score (nSPS) is 19.9. The quantitative estimate of drug-likeness (QED) is 0.874. The highest BCUT2D eigenvalue weighted by Gasteiger charge is 2.28. The summed E-state index contributed by atoms with van der Waals surface area (Å²) in [5, 5.41) is 2.83. The maximum absolute atomic E-state index is 12.1. The lowest BCUT2D eigenvalue weighted by molar-refractivity contribution is -0.122. The second kappa shape index (κ2) is 4.72. The van der Waals surface area contributed by atoms with Crippen LogP contribution in [0, 0.1) is 0 Å². The second-order valence-electron chi connectivity index (χ2n) is 6.74. The average molecular weight is 283 g/mol. The van der Waals surface area contributed by atoms with E-state index in [0.717, 1.165) is 29.9 Å². The summed E-state index contributed by atoms with van der Waals surface area (Å²) in [5.41, 5.74) is 3.77. The number of hydrogen-bond donors (Lipinski definition) is 1. The molecular weight excluding hydrogens is 262 g/mol. The van der Waals surface area contributed by atoms with E-state index >= 15 is 0 Å². The van der Waals surface area contributed by atoms with E-state index in [1.807, 2.05) is 18.3 Å². The van der Waals surface area contributed by atoms with Gasteiger partial charge < -0.3 is 9.72 Å². The van der Waals surface area contributed by atoms with Crippen molar-refractivity contribution >= 4 is 11.6 Å². The summed E-state index contributed by atoms with van der Waals surface area (Å²) in [5.74, 6) is -0.171. The molecule has 1 unspecified atom stereocenters. The van der Waals surface area contributed by atoms with Crippen LogP contribution in [-0.2, 0) is 10.2 Å². The van der Waals surface area contributed by atoms with Crippen LogP contribution in [0.1, 0.15) is 50.9 Å². The van der Waals surface area contributed by atoms with Crippen molar-refractivity contribution in [2.75, 3.05) is 0 Å². The summed E-state index contributed by atoms with van der Waals surface area (Å²) in [6.45, 7) is 10.4. The van der Waals surface area contributed by atoms with E-state index in [2.05, 4.69) is 48.1 Å². The highest BCUT2D eigenvalue weighted by Crippen LogP contribution is 2.29. The van der Waals surface area contributed by atoms with Crippen LogP contribution in [0.15, 0.2) is 36.7 Å². The first kappa shape index (κ1) is 13.9. The Labute approximate surface area is 124 Å². The fourth-order valence-electron chi connectivity index (χ4n) is 2.86. The summed E-state index contributed by atoms with van der Waals surface area (Å²) in [7, 11) is 0. The van der Waals surface area contributed by atoms with Gasteiger partial charge in [-0.15, -0.1) is 0 Å². The van der Waals surface area contributed by atoms with Crippen molar-refractivity contribution in [3.05, 3.63) is 48.1 Å². The van der Waals surface area contributed by atoms with E-state index in [1.54, 1.807) is 0 Å². The molecule has 1 amide bonds. The van der Waals surface area contributed by atoms with Crippen molar-refractivity contribution in [2.45, 2.75) is 44.9 Å². The summed E-state index contributed by atoms with van der Waals surface area (Å²) >= 11 is 0. The first-order valence-corrected chi connectivity index (χ1v) is 7.33. The molecule has 1 aliphatic heterocycles. The van der Waals surface area contributed by atoms with Crippen LogP contribution in [0.25, 0.3) is 5.65 Å². The van der Waals surface area contributed by atoms with Gasteiger partial charge in [-0.05, 0) is 25.0 Å². The lowest BCUT2D eigenvalue weighted by atomic mass is 9.91. The summed E-state index contributed by atoms with van der Waals surface area (Å²) in [4.78, 5) is 16.8. The number of nitrogens with one attached hydrogen (secondary N) is 1. The van der Waals surface area contributed by atoms with E-state index in [9.17, 15) is 4.79 Å². The summed E-state index contributed by atoms with van der Waals surface area (Å²) in [6, 6.07) is 6.12. The standard InChI is InChI=1S/C17H21N3O/c1-11-8-9-12(16(21)18-11)13-10-20-14(17(2,3)4)6-5-7-15(20)19-13/h5-7,10,12H,1,8-9H2,2-4H3,(H,18,21). The molecule has 2 aromatic rings. The number of imidazole rings is 1. The molecule has 1 N–H and O–H groups in total. The zero-order valence-electron chi connectivity index (χ0n) is 12.8. The van der Waals surface area contributed by atoms with Crippen LogP contribution in [0.4, 0.5) is 0 Å². The van der Waals surface area contributed by atoms with Crippen molar-refractivity contribution in [1.29, 1.82) is 0 Å². The smallest absolute Gasteiger partial charge is 0.233 e. The Hall–Kier alpha value is -2.10. The molecule has 0 spiro atoms. The summed E-state index contributed by atoms with van der Waals surface area (Å²) in [6.07, 6.45) is 3.60. The maximum Gasteiger partial charge on any atom is 0.233 e. The van der Waals surface area contributed by atoms with E-state index in [1.165, 1.54) is 5.69 Å². The fourth-order valence-corrected chi connectivity index (χ4v) is 2.86. The van der Waals surface area contributed by atoms with Gasteiger partial charge in [0.2, 0.25) is 5.91 Å². The van der Waals surface area contributed by atoms with Gasteiger partial charge in [-0.2, -0.15) is 0 Å². The predicted octanol–water partition coefficient (Wildman–Crippen LogP) is 3.14. The molecule has 1 saturated heterocycles. The molecule has 4 heteroatoms. The lowest BCUT2D eigenvalue weighted by Gasteiger charge is -2.22. The molecule has 3 heterocycles. The number of hydrogen-bond acceptors (Lipinski definition) is 2. The van der Waals surface area contributed by atoms with Crippen LogP contribution < -0.4 is 5.32 Å². The minimum atomic E-state index is -0.178. The monoisotopic (exact) mass is 283 g/mol. The third kappa shape index (κ3) is 2.46. The molecule has 0 radical (unpaired) electrons. The van der Waals surface area contributed by atoms with Crippen molar-refractivity contribution in [1.82, 2.24) is 14.7 Å². The van der Waals surface area contributed by atoms with Crippen molar-refractivity contribution < 1.29 is 4.79 Å². The molecule has 0 saturated carbocycles. The maximum atomic E-state index is 12.1. The van der Waals surface area contributed by atoms with Crippen LogP contribution in [-0.4, -0.2) is 15.3 Å². The molecule has 0 aromatic carbocycles. The third-order valence-corrected chi connectivity index (χ3v) is 3.99. The number of fused-ring (bicyclic) bond motifs is 1. The Morgan fingerprint density at radius 2 is 2.14 bits per heavy atom. The summed E-state index contributed by atoms with van der Waals surface area (Å²) < 4.78 is 2.10. The van der Waals surface area contributed by atoms with Crippen molar-refractivity contribution in [3.8, 4) is 0 Å². The number of aromatic nitrogens is 2. The Morgan fingerprint density at radius 3 is 2.81 bits per heavy atom. The largest absolute Gasteiger partial charge is 0.330 e. The van der Waals surface area contributed by atoms with Gasteiger partial charge >= 0.3 is 0 Å². The topological polar surface area (TPSA) is 46.4 Å². The molecule has 1 fully saturated rings. The van der Waals surface area contributed by atoms with Gasteiger partial charge in [0, 0.05) is 23.0 Å². The van der Waals surface area contributed by atoms with E-state index in [0.29, 0.717) is 0 Å². The van der Waals surface area contributed by atoms with Gasteiger partial charge in [-0.25, -0.2) is 4.98 Å². The van der Waals surface area contributed by atoms with Crippen LogP contribution in [0.3, 0.4) is 0 Å². The zero-order chi connectivity index (χ0) is 15.2. The number of rotatable bonds is 1. The number of carbonyl (C=O) groups excluding carboxylic acids is 1. The average Bonchev–Trinajstić information content (AvgIpc) is 2.80.